The highest BCUT2D eigenvalue weighted by Gasteiger charge is 2.11. The summed E-state index contributed by atoms with van der Waals surface area (Å²) in [6, 6.07) is 5.99. The summed E-state index contributed by atoms with van der Waals surface area (Å²) in [5, 5.41) is 4.56. The van der Waals surface area contributed by atoms with Crippen molar-refractivity contribution < 1.29 is 4.74 Å². The Morgan fingerprint density at radius 3 is 2.76 bits per heavy atom. The van der Waals surface area contributed by atoms with Crippen LogP contribution in [-0.2, 0) is 6.54 Å². The van der Waals surface area contributed by atoms with E-state index >= 15 is 0 Å². The molecule has 3 nitrogen and oxygen atoms in total. The minimum absolute atomic E-state index is 0.121. The number of hydrogen-bond acceptors (Lipinski definition) is 4. The van der Waals surface area contributed by atoms with Crippen LogP contribution in [0.5, 0.6) is 5.75 Å². The Labute approximate surface area is 106 Å². The molecule has 0 radical (unpaired) electrons. The Hall–Kier alpha value is -1.13. The summed E-state index contributed by atoms with van der Waals surface area (Å²) >= 11 is 1.71. The monoisotopic (exact) mass is 250 g/mol. The number of benzene rings is 1. The van der Waals surface area contributed by atoms with Gasteiger partial charge in [-0.15, -0.1) is 11.3 Å². The number of rotatable bonds is 3. The number of ether oxygens (including phenoxy) is 1. The summed E-state index contributed by atoms with van der Waals surface area (Å²) < 4.78 is 6.39. The summed E-state index contributed by atoms with van der Waals surface area (Å²) in [7, 11) is 1.68. The Balaban J connectivity index is 2.20. The summed E-state index contributed by atoms with van der Waals surface area (Å²) in [6.45, 7) is 7.28. The first kappa shape index (κ1) is 12.3. The van der Waals surface area contributed by atoms with E-state index in [0.29, 0.717) is 0 Å². The predicted octanol–water partition coefficient (Wildman–Crippen LogP) is 3.19. The standard InChI is InChI=1S/C13H18N2OS/c1-13(2,3)14-8-12-15-10-6-5-9(16-4)7-11(10)17-12/h5-7,14H,8H2,1-4H3. The van der Waals surface area contributed by atoms with E-state index < -0.39 is 0 Å². The third-order valence-electron chi connectivity index (χ3n) is 2.41. The van der Waals surface area contributed by atoms with Gasteiger partial charge in [-0.25, -0.2) is 4.98 Å². The van der Waals surface area contributed by atoms with Crippen LogP contribution in [0, 0.1) is 0 Å². The molecule has 0 fully saturated rings. The summed E-state index contributed by atoms with van der Waals surface area (Å²) in [5.41, 5.74) is 1.16. The van der Waals surface area contributed by atoms with Gasteiger partial charge in [-0.2, -0.15) is 0 Å². The third kappa shape index (κ3) is 3.17. The maximum atomic E-state index is 5.21. The number of thiazole rings is 1. The molecule has 1 aromatic carbocycles. The fourth-order valence-electron chi connectivity index (χ4n) is 1.50. The zero-order valence-electron chi connectivity index (χ0n) is 10.7. The first-order valence-electron chi connectivity index (χ1n) is 5.66. The molecule has 0 bridgehead atoms. The molecule has 0 aliphatic heterocycles. The van der Waals surface area contributed by atoms with E-state index in [1.165, 1.54) is 4.70 Å². The third-order valence-corrected chi connectivity index (χ3v) is 3.43. The molecular weight excluding hydrogens is 232 g/mol. The van der Waals surface area contributed by atoms with Gasteiger partial charge >= 0.3 is 0 Å². The van der Waals surface area contributed by atoms with Crippen molar-refractivity contribution in [3.63, 3.8) is 0 Å². The molecule has 0 amide bonds. The van der Waals surface area contributed by atoms with Crippen molar-refractivity contribution in [1.82, 2.24) is 10.3 Å². The molecule has 0 aliphatic carbocycles. The van der Waals surface area contributed by atoms with Crippen molar-refractivity contribution in [2.75, 3.05) is 7.11 Å². The fourth-order valence-corrected chi connectivity index (χ4v) is 2.43. The van der Waals surface area contributed by atoms with Crippen LogP contribution in [0.4, 0.5) is 0 Å². The van der Waals surface area contributed by atoms with Crippen molar-refractivity contribution in [3.8, 4) is 5.75 Å². The lowest BCUT2D eigenvalue weighted by Gasteiger charge is -2.19. The lowest BCUT2D eigenvalue weighted by atomic mass is 10.1. The molecule has 4 heteroatoms. The number of nitrogens with zero attached hydrogens (tertiary/aromatic N) is 1. The average molecular weight is 250 g/mol. The van der Waals surface area contributed by atoms with Crippen LogP contribution < -0.4 is 10.1 Å². The number of hydrogen-bond donors (Lipinski definition) is 1. The van der Waals surface area contributed by atoms with Crippen LogP contribution in [0.25, 0.3) is 10.2 Å². The lowest BCUT2D eigenvalue weighted by Crippen LogP contribution is -2.34. The van der Waals surface area contributed by atoms with Crippen molar-refractivity contribution in [1.29, 1.82) is 0 Å². The second-order valence-electron chi connectivity index (χ2n) is 5.04. The molecule has 0 saturated heterocycles. The van der Waals surface area contributed by atoms with E-state index in [1.807, 2.05) is 18.2 Å². The maximum Gasteiger partial charge on any atom is 0.120 e. The minimum atomic E-state index is 0.121. The Morgan fingerprint density at radius 1 is 1.35 bits per heavy atom. The number of fused-ring (bicyclic) bond motifs is 1. The van der Waals surface area contributed by atoms with E-state index in [2.05, 4.69) is 31.1 Å². The highest BCUT2D eigenvalue weighted by Crippen LogP contribution is 2.26. The largest absolute Gasteiger partial charge is 0.497 e. The minimum Gasteiger partial charge on any atom is -0.497 e. The zero-order chi connectivity index (χ0) is 12.5. The molecule has 1 N–H and O–H groups in total. The molecule has 2 rings (SSSR count). The second kappa shape index (κ2) is 4.63. The molecule has 1 aromatic heterocycles. The Morgan fingerprint density at radius 2 is 2.12 bits per heavy atom. The quantitative estimate of drug-likeness (QED) is 0.908. The highest BCUT2D eigenvalue weighted by molar-refractivity contribution is 7.18. The molecule has 0 unspecified atom stereocenters. The van der Waals surface area contributed by atoms with Gasteiger partial charge in [-0.1, -0.05) is 0 Å². The summed E-state index contributed by atoms with van der Waals surface area (Å²) in [6.07, 6.45) is 0. The highest BCUT2D eigenvalue weighted by atomic mass is 32.1. The van der Waals surface area contributed by atoms with Crippen LogP contribution in [0.1, 0.15) is 25.8 Å². The van der Waals surface area contributed by atoms with Crippen molar-refractivity contribution >= 4 is 21.6 Å². The average Bonchev–Trinajstić information content (AvgIpc) is 2.66. The molecule has 1 heterocycles. The first-order chi connectivity index (χ1) is 7.98. The first-order valence-corrected chi connectivity index (χ1v) is 6.48. The van der Waals surface area contributed by atoms with Gasteiger partial charge < -0.3 is 10.1 Å². The molecule has 0 saturated carbocycles. The van der Waals surface area contributed by atoms with Gasteiger partial charge in [0.25, 0.3) is 0 Å². The molecular formula is C13H18N2OS. The molecule has 2 aromatic rings. The normalized spacial score (nSPS) is 12.0. The van der Waals surface area contributed by atoms with E-state index in [9.17, 15) is 0 Å². The van der Waals surface area contributed by atoms with Crippen LogP contribution >= 0.6 is 11.3 Å². The van der Waals surface area contributed by atoms with E-state index in [-0.39, 0.29) is 5.54 Å². The molecule has 17 heavy (non-hydrogen) atoms. The van der Waals surface area contributed by atoms with Gasteiger partial charge in [0.15, 0.2) is 0 Å². The van der Waals surface area contributed by atoms with Crippen LogP contribution in [0.2, 0.25) is 0 Å². The van der Waals surface area contributed by atoms with E-state index in [0.717, 1.165) is 22.8 Å². The molecule has 0 spiro atoms. The van der Waals surface area contributed by atoms with Crippen LogP contribution in [0.15, 0.2) is 18.2 Å². The van der Waals surface area contributed by atoms with Crippen molar-refractivity contribution in [3.05, 3.63) is 23.2 Å². The fraction of sp³-hybridized carbons (Fsp3) is 0.462. The Bertz CT molecular complexity index is 514. The van der Waals surface area contributed by atoms with Crippen LogP contribution in [0.3, 0.4) is 0 Å². The van der Waals surface area contributed by atoms with Gasteiger partial charge in [0, 0.05) is 12.1 Å². The number of aromatic nitrogens is 1. The Kier molecular flexibility index (Phi) is 3.35. The number of nitrogens with one attached hydrogen (secondary N) is 1. The van der Waals surface area contributed by atoms with E-state index in [4.69, 9.17) is 4.74 Å². The smallest absolute Gasteiger partial charge is 0.120 e. The van der Waals surface area contributed by atoms with Gasteiger partial charge in [0.2, 0.25) is 0 Å². The van der Waals surface area contributed by atoms with Gasteiger partial charge in [0.05, 0.1) is 17.3 Å². The maximum absolute atomic E-state index is 5.21. The predicted molar refractivity (Wildman–Crippen MR) is 72.8 cm³/mol. The van der Waals surface area contributed by atoms with Gasteiger partial charge in [-0.3, -0.25) is 0 Å². The lowest BCUT2D eigenvalue weighted by molar-refractivity contribution is 0.415. The topological polar surface area (TPSA) is 34.1 Å². The molecule has 0 atom stereocenters. The van der Waals surface area contributed by atoms with Crippen molar-refractivity contribution in [2.24, 2.45) is 0 Å². The second-order valence-corrected chi connectivity index (χ2v) is 6.16. The van der Waals surface area contributed by atoms with E-state index in [1.54, 1.807) is 18.4 Å². The van der Waals surface area contributed by atoms with Crippen LogP contribution in [-0.4, -0.2) is 17.6 Å². The molecule has 92 valence electrons. The van der Waals surface area contributed by atoms with Gasteiger partial charge in [-0.05, 0) is 39.0 Å². The summed E-state index contributed by atoms with van der Waals surface area (Å²) in [5.74, 6) is 0.886. The summed E-state index contributed by atoms with van der Waals surface area (Å²) in [4.78, 5) is 4.59. The zero-order valence-corrected chi connectivity index (χ0v) is 11.5. The molecule has 0 aliphatic rings. The van der Waals surface area contributed by atoms with Crippen molar-refractivity contribution in [2.45, 2.75) is 32.9 Å². The number of methoxy groups -OCH3 is 1. The SMILES string of the molecule is COc1ccc2nc(CNC(C)(C)C)sc2c1. The van der Waals surface area contributed by atoms with Gasteiger partial charge in [0.1, 0.15) is 10.8 Å².